The molecule has 67 heavy (non-hydrogen) atoms. The molecule has 0 aliphatic heterocycles. The van der Waals surface area contributed by atoms with Crippen LogP contribution in [0.3, 0.4) is 0 Å². The van der Waals surface area contributed by atoms with E-state index < -0.39 is 0 Å². The number of hydrogen-bond donors (Lipinski definition) is 0. The minimum atomic E-state index is 0.860. The maximum absolute atomic E-state index is 6.81. The lowest BCUT2D eigenvalue weighted by Crippen LogP contribution is -2.13. The average molecular weight is 875 g/mol. The van der Waals surface area contributed by atoms with Crippen LogP contribution in [0.4, 0.5) is 34.1 Å². The Balaban J connectivity index is 1.06. The van der Waals surface area contributed by atoms with Gasteiger partial charge in [0.05, 0.1) is 0 Å². The summed E-state index contributed by atoms with van der Waals surface area (Å²) in [4.78, 5) is 4.78. The monoisotopic (exact) mass is 874 g/mol. The van der Waals surface area contributed by atoms with Gasteiger partial charge >= 0.3 is 0 Å². The number of fused-ring (bicyclic) bond motifs is 14. The molecule has 14 rings (SSSR count). The van der Waals surface area contributed by atoms with Crippen LogP contribution >= 0.6 is 11.3 Å². The van der Waals surface area contributed by atoms with Gasteiger partial charge in [-0.1, -0.05) is 127 Å². The van der Waals surface area contributed by atoms with Gasteiger partial charge < -0.3 is 18.6 Å². The minimum absolute atomic E-state index is 0.860. The summed E-state index contributed by atoms with van der Waals surface area (Å²) in [6.45, 7) is 0. The largest absolute Gasteiger partial charge is 0.456 e. The second-order valence-electron chi connectivity index (χ2n) is 17.2. The molecule has 11 aromatic carbocycles. The first kappa shape index (κ1) is 37.7. The van der Waals surface area contributed by atoms with Crippen molar-refractivity contribution in [2.24, 2.45) is 0 Å². The minimum Gasteiger partial charge on any atom is -0.456 e. The standard InChI is InChI=1S/C62H38N2O2S/c1-3-15-41(16-4-1)63(42-17-5-2-6-18-42)45-33-40(39-27-30-58-55(35-39)61-51-23-9-7-19-47(51)48-20-8-10-24-52(48)62(61)66-58)34-46(36-45)64(43-28-31-57-53(37-43)49-21-11-13-25-56(49)65-57)44-29-32-60-54(38-44)50-22-12-14-26-59(50)67-60/h1-38H. The Morgan fingerprint density at radius 3 is 1.54 bits per heavy atom. The molecule has 3 aromatic heterocycles. The second-order valence-corrected chi connectivity index (χ2v) is 18.3. The molecule has 0 radical (unpaired) electrons. The van der Waals surface area contributed by atoms with Crippen molar-refractivity contribution in [2.45, 2.75) is 0 Å². The van der Waals surface area contributed by atoms with Crippen molar-refractivity contribution in [3.63, 3.8) is 0 Å². The molecule has 3 heterocycles. The van der Waals surface area contributed by atoms with Crippen molar-refractivity contribution in [1.29, 1.82) is 0 Å². The van der Waals surface area contributed by atoms with E-state index in [-0.39, 0.29) is 0 Å². The molecule has 0 amide bonds. The second kappa shape index (κ2) is 15.0. The molecule has 314 valence electrons. The van der Waals surface area contributed by atoms with E-state index in [0.29, 0.717) is 0 Å². The van der Waals surface area contributed by atoms with E-state index >= 15 is 0 Å². The van der Waals surface area contributed by atoms with Gasteiger partial charge in [-0.15, -0.1) is 11.3 Å². The zero-order chi connectivity index (χ0) is 44.0. The van der Waals surface area contributed by atoms with Gasteiger partial charge in [-0.3, -0.25) is 0 Å². The first-order chi connectivity index (χ1) is 33.2. The van der Waals surface area contributed by atoms with Crippen LogP contribution in [0.1, 0.15) is 0 Å². The number of rotatable bonds is 7. The fourth-order valence-electron chi connectivity index (χ4n) is 10.4. The van der Waals surface area contributed by atoms with E-state index in [9.17, 15) is 0 Å². The van der Waals surface area contributed by atoms with Gasteiger partial charge in [-0.2, -0.15) is 0 Å². The highest BCUT2D eigenvalue weighted by molar-refractivity contribution is 7.25. The lowest BCUT2D eigenvalue weighted by atomic mass is 9.95. The van der Waals surface area contributed by atoms with Crippen LogP contribution in [-0.4, -0.2) is 0 Å². The Morgan fingerprint density at radius 2 is 0.791 bits per heavy atom. The summed E-state index contributed by atoms with van der Waals surface area (Å²) in [5.41, 5.74) is 12.0. The summed E-state index contributed by atoms with van der Waals surface area (Å²) >= 11 is 1.84. The maximum Gasteiger partial charge on any atom is 0.143 e. The molecule has 14 aromatic rings. The van der Waals surface area contributed by atoms with Crippen LogP contribution in [0.2, 0.25) is 0 Å². The maximum atomic E-state index is 6.81. The van der Waals surface area contributed by atoms with E-state index in [1.807, 2.05) is 23.5 Å². The van der Waals surface area contributed by atoms with Crippen LogP contribution in [0.15, 0.2) is 239 Å². The Morgan fingerprint density at radius 1 is 0.269 bits per heavy atom. The lowest BCUT2D eigenvalue weighted by Gasteiger charge is -2.30. The Hall–Kier alpha value is -8.64. The van der Waals surface area contributed by atoms with E-state index in [2.05, 4.69) is 228 Å². The summed E-state index contributed by atoms with van der Waals surface area (Å²) in [5.74, 6) is 0. The zero-order valence-electron chi connectivity index (χ0n) is 36.1. The molecule has 0 saturated heterocycles. The van der Waals surface area contributed by atoms with Crippen molar-refractivity contribution in [3.8, 4) is 11.1 Å². The molecule has 0 spiro atoms. The molecule has 0 atom stereocenters. The Bertz CT molecular complexity index is 4090. The lowest BCUT2D eigenvalue weighted by molar-refractivity contribution is 0.669. The van der Waals surface area contributed by atoms with E-state index in [1.54, 1.807) is 0 Å². The fourth-order valence-corrected chi connectivity index (χ4v) is 11.4. The van der Waals surface area contributed by atoms with Crippen LogP contribution in [0.25, 0.3) is 96.7 Å². The summed E-state index contributed by atoms with van der Waals surface area (Å²) < 4.78 is 15.8. The van der Waals surface area contributed by atoms with Crippen molar-refractivity contribution in [3.05, 3.63) is 231 Å². The number of hydrogen-bond acceptors (Lipinski definition) is 5. The average Bonchev–Trinajstić information content (AvgIpc) is 4.09. The van der Waals surface area contributed by atoms with Gasteiger partial charge in [-0.25, -0.2) is 0 Å². The summed E-state index contributed by atoms with van der Waals surface area (Å²) in [7, 11) is 0. The molecule has 0 fully saturated rings. The van der Waals surface area contributed by atoms with E-state index in [4.69, 9.17) is 8.83 Å². The number of anilines is 6. The highest BCUT2D eigenvalue weighted by Gasteiger charge is 2.23. The van der Waals surface area contributed by atoms with Gasteiger partial charge in [-0.05, 0) is 130 Å². The molecule has 0 aliphatic carbocycles. The number of benzene rings is 11. The topological polar surface area (TPSA) is 32.8 Å². The van der Waals surface area contributed by atoms with Crippen LogP contribution in [-0.2, 0) is 0 Å². The molecular formula is C62H38N2O2S. The van der Waals surface area contributed by atoms with Crippen molar-refractivity contribution in [1.82, 2.24) is 0 Å². The van der Waals surface area contributed by atoms with E-state index in [0.717, 1.165) is 94.5 Å². The molecule has 4 nitrogen and oxygen atoms in total. The number of furan rings is 2. The van der Waals surface area contributed by atoms with Crippen molar-refractivity contribution < 1.29 is 8.83 Å². The quantitative estimate of drug-likeness (QED) is 0.149. The smallest absolute Gasteiger partial charge is 0.143 e. The molecule has 0 unspecified atom stereocenters. The number of thiophene rings is 1. The predicted octanol–water partition coefficient (Wildman–Crippen LogP) is 18.8. The third-order valence-corrected chi connectivity index (χ3v) is 14.5. The van der Waals surface area contributed by atoms with Gasteiger partial charge in [0.2, 0.25) is 0 Å². The van der Waals surface area contributed by atoms with Crippen LogP contribution in [0, 0.1) is 0 Å². The summed E-state index contributed by atoms with van der Waals surface area (Å²) in [5, 5.41) is 11.6. The number of para-hydroxylation sites is 3. The normalized spacial score (nSPS) is 11.9. The third-order valence-electron chi connectivity index (χ3n) is 13.4. The predicted molar refractivity (Wildman–Crippen MR) is 284 cm³/mol. The zero-order valence-corrected chi connectivity index (χ0v) is 36.9. The Labute approximate surface area is 389 Å². The van der Waals surface area contributed by atoms with Crippen LogP contribution < -0.4 is 9.80 Å². The SMILES string of the molecule is c1ccc(N(c2ccccc2)c2cc(-c3ccc4oc5c6ccccc6c6ccccc6c5c4c3)cc(N(c3ccc4oc5ccccc5c4c3)c3ccc4sc5ccccc5c4c3)c2)cc1. The van der Waals surface area contributed by atoms with Gasteiger partial charge in [0.15, 0.2) is 0 Å². The van der Waals surface area contributed by atoms with Gasteiger partial charge in [0.25, 0.3) is 0 Å². The van der Waals surface area contributed by atoms with Gasteiger partial charge in [0.1, 0.15) is 22.3 Å². The van der Waals surface area contributed by atoms with Crippen LogP contribution in [0.5, 0.6) is 0 Å². The first-order valence-corrected chi connectivity index (χ1v) is 23.5. The molecular weight excluding hydrogens is 837 g/mol. The molecule has 0 N–H and O–H groups in total. The highest BCUT2D eigenvalue weighted by Crippen LogP contribution is 2.48. The van der Waals surface area contributed by atoms with Crippen molar-refractivity contribution in [2.75, 3.05) is 9.80 Å². The summed E-state index contributed by atoms with van der Waals surface area (Å²) in [6, 6.07) is 82.9. The third kappa shape index (κ3) is 6.06. The van der Waals surface area contributed by atoms with Gasteiger partial charge in [0, 0.05) is 81.2 Å². The Kier molecular flexibility index (Phi) is 8.42. The molecule has 0 saturated carbocycles. The highest BCUT2D eigenvalue weighted by atomic mass is 32.1. The van der Waals surface area contributed by atoms with Crippen molar-refractivity contribution >= 4 is 131 Å². The molecule has 5 heteroatoms. The molecule has 0 bridgehead atoms. The molecule has 0 aliphatic rings. The fraction of sp³-hybridized carbons (Fsp3) is 0. The summed E-state index contributed by atoms with van der Waals surface area (Å²) in [6.07, 6.45) is 0. The first-order valence-electron chi connectivity index (χ1n) is 22.6. The number of nitrogens with zero attached hydrogens (tertiary/aromatic N) is 2. The van der Waals surface area contributed by atoms with E-state index in [1.165, 1.54) is 36.3 Å².